The number of nitrogens with zero attached hydrogens (tertiary/aromatic N) is 1. The minimum absolute atomic E-state index is 0.0988. The van der Waals surface area contributed by atoms with E-state index in [2.05, 4.69) is 26.1 Å². The maximum atomic E-state index is 12.8. The number of nitrogens with two attached hydrogens (primary N) is 1. The number of hydrogen-bond donors (Lipinski definition) is 2. The molecule has 31 heavy (non-hydrogen) atoms. The van der Waals surface area contributed by atoms with Crippen LogP contribution in [-0.2, 0) is 12.8 Å². The van der Waals surface area contributed by atoms with E-state index in [4.69, 9.17) is 10.5 Å². The van der Waals surface area contributed by atoms with Gasteiger partial charge in [-0.2, -0.15) is 0 Å². The second-order valence-corrected chi connectivity index (χ2v) is 9.81. The minimum Gasteiger partial charge on any atom is -0.487 e. The molecular weight excluding hydrogens is 418 g/mol. The molecule has 1 aromatic carbocycles. The van der Waals surface area contributed by atoms with Crippen molar-refractivity contribution in [3.63, 3.8) is 0 Å². The topological polar surface area (TPSA) is 125 Å². The fourth-order valence-corrected chi connectivity index (χ4v) is 5.26. The van der Waals surface area contributed by atoms with Crippen LogP contribution in [0.1, 0.15) is 65.3 Å². The number of hydrogen-bond acceptors (Lipinski definition) is 6. The van der Waals surface area contributed by atoms with Crippen molar-refractivity contribution in [2.45, 2.75) is 47.0 Å². The van der Waals surface area contributed by atoms with Crippen molar-refractivity contribution < 1.29 is 19.2 Å². The van der Waals surface area contributed by atoms with Gasteiger partial charge in [-0.15, -0.1) is 11.3 Å². The summed E-state index contributed by atoms with van der Waals surface area (Å²) in [4.78, 5) is 36.9. The van der Waals surface area contributed by atoms with E-state index in [1.807, 2.05) is 0 Å². The van der Waals surface area contributed by atoms with Gasteiger partial charge in [-0.25, -0.2) is 0 Å². The van der Waals surface area contributed by atoms with Crippen molar-refractivity contribution >= 4 is 33.8 Å². The normalized spacial score (nSPS) is 15.8. The summed E-state index contributed by atoms with van der Waals surface area (Å²) < 4.78 is 5.26. The first-order chi connectivity index (χ1) is 14.5. The summed E-state index contributed by atoms with van der Waals surface area (Å²) in [6, 6.07) is 4.03. The Bertz CT molecular complexity index is 1040. The van der Waals surface area contributed by atoms with Crippen LogP contribution >= 0.6 is 11.3 Å². The van der Waals surface area contributed by atoms with Gasteiger partial charge in [-0.3, -0.25) is 19.7 Å². The highest BCUT2D eigenvalue weighted by Gasteiger charge is 2.33. The van der Waals surface area contributed by atoms with Crippen LogP contribution in [0.3, 0.4) is 0 Å². The van der Waals surface area contributed by atoms with Crippen LogP contribution in [0.4, 0.5) is 10.7 Å². The first kappa shape index (κ1) is 22.7. The highest BCUT2D eigenvalue weighted by molar-refractivity contribution is 7.17. The summed E-state index contributed by atoms with van der Waals surface area (Å²) in [6.07, 6.45) is 2.51. The number of anilines is 1. The van der Waals surface area contributed by atoms with Crippen LogP contribution in [0.2, 0.25) is 0 Å². The van der Waals surface area contributed by atoms with Crippen molar-refractivity contribution in [1.82, 2.24) is 0 Å². The molecule has 0 fully saturated rings. The molecule has 3 rings (SSSR count). The Morgan fingerprint density at radius 2 is 2.06 bits per heavy atom. The zero-order chi connectivity index (χ0) is 22.9. The van der Waals surface area contributed by atoms with Crippen LogP contribution in [0.25, 0.3) is 0 Å². The standard InChI is InChI=1S/C22H27N3O5S/c1-5-30-16-9-6-12(10-15(16)25(28)29)20(27)24-21-18(19(23)26)14-8-7-13(22(2,3)4)11-17(14)31-21/h6,9-10,13H,5,7-8,11H2,1-4H3,(H2,23,26)(H,24,27). The Balaban J connectivity index is 1.92. The average Bonchev–Trinajstić information content (AvgIpc) is 3.04. The lowest BCUT2D eigenvalue weighted by Gasteiger charge is -2.33. The van der Waals surface area contributed by atoms with Crippen molar-refractivity contribution in [3.05, 3.63) is 49.9 Å². The van der Waals surface area contributed by atoms with E-state index in [0.717, 1.165) is 29.7 Å². The molecule has 0 spiro atoms. The van der Waals surface area contributed by atoms with E-state index < -0.39 is 16.7 Å². The van der Waals surface area contributed by atoms with E-state index in [9.17, 15) is 19.7 Å². The Morgan fingerprint density at radius 3 is 2.65 bits per heavy atom. The van der Waals surface area contributed by atoms with E-state index in [0.29, 0.717) is 16.5 Å². The highest BCUT2D eigenvalue weighted by atomic mass is 32.1. The number of carbonyl (C=O) groups excluding carboxylic acids is 2. The fourth-order valence-electron chi connectivity index (χ4n) is 3.93. The zero-order valence-electron chi connectivity index (χ0n) is 18.1. The SMILES string of the molecule is CCOc1ccc(C(=O)Nc2sc3c(c2C(N)=O)CCC(C(C)(C)C)C3)cc1[N+](=O)[O-]. The van der Waals surface area contributed by atoms with Gasteiger partial charge in [0, 0.05) is 16.5 Å². The number of rotatable bonds is 6. The van der Waals surface area contributed by atoms with Gasteiger partial charge in [-0.05, 0) is 55.2 Å². The molecule has 1 heterocycles. The number of nitro benzene ring substituents is 1. The molecule has 0 saturated carbocycles. The summed E-state index contributed by atoms with van der Waals surface area (Å²) in [6.45, 7) is 8.59. The molecule has 1 aliphatic carbocycles. The molecule has 0 radical (unpaired) electrons. The van der Waals surface area contributed by atoms with Gasteiger partial charge in [0.15, 0.2) is 5.75 Å². The van der Waals surface area contributed by atoms with Gasteiger partial charge in [0.25, 0.3) is 11.8 Å². The number of ether oxygens (including phenoxy) is 1. The third-order valence-corrected chi connectivity index (χ3v) is 6.85. The number of thiophene rings is 1. The lowest BCUT2D eigenvalue weighted by Crippen LogP contribution is -2.27. The van der Waals surface area contributed by atoms with E-state index in [1.165, 1.54) is 29.5 Å². The van der Waals surface area contributed by atoms with Crippen LogP contribution in [0.15, 0.2) is 18.2 Å². The minimum atomic E-state index is -0.590. The molecule has 9 heteroatoms. The first-order valence-electron chi connectivity index (χ1n) is 10.2. The Labute approximate surface area is 184 Å². The molecule has 3 N–H and O–H groups in total. The van der Waals surface area contributed by atoms with E-state index in [1.54, 1.807) is 6.92 Å². The van der Waals surface area contributed by atoms with E-state index >= 15 is 0 Å². The van der Waals surface area contributed by atoms with Gasteiger partial charge in [-0.1, -0.05) is 20.8 Å². The third-order valence-electron chi connectivity index (χ3n) is 5.68. The molecule has 0 bridgehead atoms. The Hall–Kier alpha value is -2.94. The quantitative estimate of drug-likeness (QED) is 0.498. The second-order valence-electron chi connectivity index (χ2n) is 8.70. The number of carbonyl (C=O) groups is 2. The molecule has 1 aromatic heterocycles. The molecule has 1 unspecified atom stereocenters. The Kier molecular flexibility index (Phi) is 6.35. The number of nitrogens with one attached hydrogen (secondary N) is 1. The van der Waals surface area contributed by atoms with Gasteiger partial charge < -0.3 is 15.8 Å². The molecule has 0 saturated heterocycles. The average molecular weight is 446 g/mol. The van der Waals surface area contributed by atoms with Crippen LogP contribution < -0.4 is 15.8 Å². The second kappa shape index (κ2) is 8.66. The largest absolute Gasteiger partial charge is 0.487 e. The smallest absolute Gasteiger partial charge is 0.311 e. The van der Waals surface area contributed by atoms with Gasteiger partial charge >= 0.3 is 5.69 Å². The fraction of sp³-hybridized carbons (Fsp3) is 0.455. The van der Waals surface area contributed by atoms with Gasteiger partial charge in [0.2, 0.25) is 0 Å². The van der Waals surface area contributed by atoms with Gasteiger partial charge in [0.1, 0.15) is 5.00 Å². The third kappa shape index (κ3) is 4.71. The zero-order valence-corrected chi connectivity index (χ0v) is 18.9. The summed E-state index contributed by atoms with van der Waals surface area (Å²) in [5.41, 5.74) is 6.85. The number of primary amides is 1. The molecular formula is C22H27N3O5S. The van der Waals surface area contributed by atoms with Crippen LogP contribution in [-0.4, -0.2) is 23.3 Å². The van der Waals surface area contributed by atoms with Crippen molar-refractivity contribution in [3.8, 4) is 5.75 Å². The number of fused-ring (bicyclic) bond motifs is 1. The van der Waals surface area contributed by atoms with Crippen molar-refractivity contribution in [1.29, 1.82) is 0 Å². The predicted octanol–water partition coefficient (Wildman–Crippen LogP) is 4.56. The summed E-state index contributed by atoms with van der Waals surface area (Å²) >= 11 is 1.36. The summed E-state index contributed by atoms with van der Waals surface area (Å²) in [7, 11) is 0. The van der Waals surface area contributed by atoms with Crippen LogP contribution in [0, 0.1) is 21.4 Å². The number of nitro groups is 1. The number of benzene rings is 1. The van der Waals surface area contributed by atoms with E-state index in [-0.39, 0.29) is 29.0 Å². The number of amides is 2. The monoisotopic (exact) mass is 445 g/mol. The maximum Gasteiger partial charge on any atom is 0.311 e. The lowest BCUT2D eigenvalue weighted by atomic mass is 9.72. The van der Waals surface area contributed by atoms with Gasteiger partial charge in [0.05, 0.1) is 17.1 Å². The Morgan fingerprint density at radius 1 is 1.35 bits per heavy atom. The van der Waals surface area contributed by atoms with Crippen molar-refractivity contribution in [2.75, 3.05) is 11.9 Å². The molecule has 166 valence electrons. The van der Waals surface area contributed by atoms with Crippen LogP contribution in [0.5, 0.6) is 5.75 Å². The lowest BCUT2D eigenvalue weighted by molar-refractivity contribution is -0.385. The first-order valence-corrected chi connectivity index (χ1v) is 11.0. The molecule has 1 aliphatic rings. The molecule has 8 nitrogen and oxygen atoms in total. The maximum absolute atomic E-state index is 12.8. The molecule has 2 amide bonds. The van der Waals surface area contributed by atoms with Crippen molar-refractivity contribution in [2.24, 2.45) is 17.1 Å². The highest BCUT2D eigenvalue weighted by Crippen LogP contribution is 2.44. The molecule has 0 aliphatic heterocycles. The summed E-state index contributed by atoms with van der Waals surface area (Å²) in [5.74, 6) is -0.558. The molecule has 1 atom stereocenters. The molecule has 2 aromatic rings. The summed E-state index contributed by atoms with van der Waals surface area (Å²) in [5, 5.41) is 14.5. The predicted molar refractivity (Wildman–Crippen MR) is 120 cm³/mol.